The molecule has 0 aromatic heterocycles. The van der Waals surface area contributed by atoms with Gasteiger partial charge in [-0.15, -0.1) is 0 Å². The molecule has 0 saturated heterocycles. The number of anilines is 1. The molecule has 0 fully saturated rings. The second kappa shape index (κ2) is 13.8. The lowest BCUT2D eigenvalue weighted by Gasteiger charge is -2.32. The molecule has 39 heavy (non-hydrogen) atoms. The Morgan fingerprint density at radius 1 is 0.897 bits per heavy atom. The Morgan fingerprint density at radius 3 is 2.03 bits per heavy atom. The third-order valence-corrected chi connectivity index (χ3v) is 8.62. The summed E-state index contributed by atoms with van der Waals surface area (Å²) in [7, 11) is -4.18. The maximum Gasteiger partial charge on any atom is 0.264 e. The first-order valence-electron chi connectivity index (χ1n) is 12.7. The lowest BCUT2D eigenvalue weighted by atomic mass is 10.1. The van der Waals surface area contributed by atoms with Crippen LogP contribution in [0, 0.1) is 0 Å². The molecule has 3 rings (SSSR count). The van der Waals surface area contributed by atoms with Crippen LogP contribution in [0.4, 0.5) is 5.69 Å². The lowest BCUT2D eigenvalue weighted by molar-refractivity contribution is -0.139. The molecule has 2 amide bonds. The van der Waals surface area contributed by atoms with Gasteiger partial charge in [-0.1, -0.05) is 78.7 Å². The number of amides is 2. The second-order valence-electron chi connectivity index (χ2n) is 9.27. The minimum absolute atomic E-state index is 0.00676. The van der Waals surface area contributed by atoms with E-state index in [9.17, 15) is 18.0 Å². The van der Waals surface area contributed by atoms with Crippen molar-refractivity contribution in [2.45, 2.75) is 50.6 Å². The predicted molar refractivity (Wildman–Crippen MR) is 157 cm³/mol. The maximum atomic E-state index is 13.9. The van der Waals surface area contributed by atoms with Crippen LogP contribution in [0.25, 0.3) is 0 Å². The van der Waals surface area contributed by atoms with Gasteiger partial charge in [0.2, 0.25) is 11.8 Å². The Hall–Kier alpha value is -3.07. The number of carbonyl (C=O) groups excluding carboxylic acids is 2. The number of hydrogen-bond acceptors (Lipinski definition) is 4. The van der Waals surface area contributed by atoms with Crippen LogP contribution < -0.4 is 9.62 Å². The molecule has 0 spiro atoms. The van der Waals surface area contributed by atoms with Gasteiger partial charge in [-0.05, 0) is 62.6 Å². The summed E-state index contributed by atoms with van der Waals surface area (Å²) in [5, 5.41) is 3.36. The van der Waals surface area contributed by atoms with Crippen LogP contribution in [0.5, 0.6) is 0 Å². The fraction of sp³-hybridized carbons (Fsp3) is 0.310. The molecule has 3 aromatic rings. The van der Waals surface area contributed by atoms with Crippen molar-refractivity contribution >= 4 is 50.7 Å². The van der Waals surface area contributed by atoms with E-state index >= 15 is 0 Å². The summed E-state index contributed by atoms with van der Waals surface area (Å²) in [6.45, 7) is 5.15. The molecule has 208 valence electrons. The molecule has 10 heteroatoms. The van der Waals surface area contributed by atoms with Crippen molar-refractivity contribution in [3.8, 4) is 0 Å². The zero-order valence-corrected chi connectivity index (χ0v) is 24.5. The van der Waals surface area contributed by atoms with E-state index in [2.05, 4.69) is 5.32 Å². The first-order chi connectivity index (χ1) is 18.5. The van der Waals surface area contributed by atoms with Gasteiger partial charge in [-0.3, -0.25) is 13.9 Å². The summed E-state index contributed by atoms with van der Waals surface area (Å²) in [5.41, 5.74) is 1.13. The van der Waals surface area contributed by atoms with E-state index in [0.29, 0.717) is 6.42 Å². The van der Waals surface area contributed by atoms with Crippen molar-refractivity contribution in [3.05, 3.63) is 94.5 Å². The molecule has 1 N–H and O–H groups in total. The van der Waals surface area contributed by atoms with Crippen LogP contribution in [0.1, 0.15) is 32.8 Å². The smallest absolute Gasteiger partial charge is 0.264 e. The third-order valence-electron chi connectivity index (χ3n) is 6.40. The van der Waals surface area contributed by atoms with E-state index in [1.54, 1.807) is 25.1 Å². The number of benzene rings is 3. The molecule has 0 unspecified atom stereocenters. The molecule has 7 nitrogen and oxygen atoms in total. The number of nitrogens with zero attached hydrogens (tertiary/aromatic N) is 2. The van der Waals surface area contributed by atoms with Gasteiger partial charge in [-0.25, -0.2) is 8.42 Å². The number of rotatable bonds is 12. The highest BCUT2D eigenvalue weighted by molar-refractivity contribution is 7.92. The normalized spacial score (nSPS) is 12.8. The Kier molecular flexibility index (Phi) is 10.8. The van der Waals surface area contributed by atoms with Gasteiger partial charge in [0, 0.05) is 22.6 Å². The monoisotopic (exact) mass is 589 g/mol. The molecule has 2 atom stereocenters. The molecule has 0 aliphatic heterocycles. The zero-order valence-electron chi connectivity index (χ0n) is 22.2. The number of carbonyl (C=O) groups is 2. The Bertz CT molecular complexity index is 1350. The summed E-state index contributed by atoms with van der Waals surface area (Å²) < 4.78 is 28.5. The predicted octanol–water partition coefficient (Wildman–Crippen LogP) is 5.56. The molecule has 3 aromatic carbocycles. The highest BCUT2D eigenvalue weighted by atomic mass is 35.5. The molecule has 0 aliphatic carbocycles. The van der Waals surface area contributed by atoms with Gasteiger partial charge in [0.05, 0.1) is 10.6 Å². The van der Waals surface area contributed by atoms with Crippen LogP contribution in [0.2, 0.25) is 10.0 Å². The first-order valence-corrected chi connectivity index (χ1v) is 14.9. The van der Waals surface area contributed by atoms with Crippen LogP contribution in [0.3, 0.4) is 0 Å². The zero-order chi connectivity index (χ0) is 28.6. The molecule has 0 heterocycles. The van der Waals surface area contributed by atoms with Gasteiger partial charge >= 0.3 is 0 Å². The van der Waals surface area contributed by atoms with Gasteiger partial charge < -0.3 is 10.2 Å². The fourth-order valence-electron chi connectivity index (χ4n) is 3.97. The first kappa shape index (κ1) is 30.5. The Morgan fingerprint density at radius 2 is 1.46 bits per heavy atom. The number of nitrogens with one attached hydrogen (secondary N) is 1. The topological polar surface area (TPSA) is 86.8 Å². The second-order valence-corrected chi connectivity index (χ2v) is 12.0. The maximum absolute atomic E-state index is 13.9. The van der Waals surface area contributed by atoms with Crippen LogP contribution in [0.15, 0.2) is 83.8 Å². The highest BCUT2D eigenvalue weighted by Gasteiger charge is 2.32. The van der Waals surface area contributed by atoms with Crippen molar-refractivity contribution in [1.82, 2.24) is 10.2 Å². The van der Waals surface area contributed by atoms with Crippen molar-refractivity contribution in [3.63, 3.8) is 0 Å². The van der Waals surface area contributed by atoms with E-state index < -0.39 is 28.5 Å². The van der Waals surface area contributed by atoms with Crippen molar-refractivity contribution in [2.24, 2.45) is 0 Å². The minimum atomic E-state index is -4.18. The van der Waals surface area contributed by atoms with Crippen LogP contribution >= 0.6 is 23.2 Å². The van der Waals surface area contributed by atoms with Crippen molar-refractivity contribution < 1.29 is 18.0 Å². The van der Waals surface area contributed by atoms with E-state index in [-0.39, 0.29) is 39.1 Å². The van der Waals surface area contributed by atoms with E-state index in [1.807, 2.05) is 44.2 Å². The van der Waals surface area contributed by atoms with Gasteiger partial charge in [0.15, 0.2) is 0 Å². The number of hydrogen-bond donors (Lipinski definition) is 1. The summed E-state index contributed by atoms with van der Waals surface area (Å²) in [6.07, 6.45) is 1.22. The summed E-state index contributed by atoms with van der Waals surface area (Å²) in [4.78, 5) is 28.4. The lowest BCUT2D eigenvalue weighted by Crippen LogP contribution is -2.53. The molecular weight excluding hydrogens is 557 g/mol. The average Bonchev–Trinajstić information content (AvgIpc) is 2.92. The fourth-order valence-corrected chi connectivity index (χ4v) is 5.90. The average molecular weight is 591 g/mol. The van der Waals surface area contributed by atoms with Crippen LogP contribution in [-0.4, -0.2) is 50.3 Å². The third kappa shape index (κ3) is 8.21. The minimum Gasteiger partial charge on any atom is -0.352 e. The molecule has 0 saturated carbocycles. The summed E-state index contributed by atoms with van der Waals surface area (Å²) >= 11 is 12.4. The van der Waals surface area contributed by atoms with Gasteiger partial charge in [-0.2, -0.15) is 0 Å². The van der Waals surface area contributed by atoms with Crippen LogP contribution in [-0.2, 0) is 26.0 Å². The van der Waals surface area contributed by atoms with E-state index in [4.69, 9.17) is 23.2 Å². The Labute approximate surface area is 240 Å². The molecule has 0 radical (unpaired) electrons. The standard InChI is InChI=1S/C29H33Cl2N3O4S/c1-4-21(2)32-29(36)22(3)33(16-15-23-11-7-5-8-12-23)28(35)20-34(26-18-24(30)17-25(31)19-26)39(37,38)27-13-9-6-10-14-27/h5-14,17-19,21-22H,4,15-16,20H2,1-3H3,(H,32,36)/t21-,22+/m0/s1. The van der Waals surface area contributed by atoms with Gasteiger partial charge in [0.1, 0.15) is 12.6 Å². The highest BCUT2D eigenvalue weighted by Crippen LogP contribution is 2.30. The Balaban J connectivity index is 1.99. The largest absolute Gasteiger partial charge is 0.352 e. The summed E-state index contributed by atoms with van der Waals surface area (Å²) in [6, 6.07) is 20.8. The van der Waals surface area contributed by atoms with E-state index in [0.717, 1.165) is 16.3 Å². The van der Waals surface area contributed by atoms with E-state index in [1.165, 1.54) is 35.2 Å². The van der Waals surface area contributed by atoms with Gasteiger partial charge in [0.25, 0.3) is 10.0 Å². The number of halogens is 2. The SMILES string of the molecule is CC[C@H](C)NC(=O)[C@@H](C)N(CCc1ccccc1)C(=O)CN(c1cc(Cl)cc(Cl)c1)S(=O)(=O)c1ccccc1. The summed E-state index contributed by atoms with van der Waals surface area (Å²) in [5.74, 6) is -0.845. The molecule has 0 bridgehead atoms. The van der Waals surface area contributed by atoms with Crippen molar-refractivity contribution in [2.75, 3.05) is 17.4 Å². The molecule has 0 aliphatic rings. The van der Waals surface area contributed by atoms with Crippen molar-refractivity contribution in [1.29, 1.82) is 0 Å². The quantitative estimate of drug-likeness (QED) is 0.299. The molecular formula is C29H33Cl2N3O4S. The number of sulfonamides is 1.